The first kappa shape index (κ1) is 12.2. The first-order chi connectivity index (χ1) is 6.70. The largest absolute Gasteiger partial charge is 0.398 e. The molecule has 1 fully saturated rings. The first-order valence-electron chi connectivity index (χ1n) is 5.51. The lowest BCUT2D eigenvalue weighted by atomic mass is 9.96. The molecule has 0 bridgehead atoms. The second kappa shape index (κ2) is 5.85. The standard InChI is InChI=1S/C10H23NO2Si/c1-12-14(3,13-2)9-6-10-4-7-11-8-5-10/h10-11H,4-9H2,1-3H3. The molecular formula is C10H23NO2Si. The van der Waals surface area contributed by atoms with Gasteiger partial charge in [-0.15, -0.1) is 0 Å². The van der Waals surface area contributed by atoms with Crippen LogP contribution in [0.2, 0.25) is 12.6 Å². The predicted octanol–water partition coefficient (Wildman–Crippen LogP) is 1.74. The molecule has 1 aliphatic rings. The maximum Gasteiger partial charge on any atom is 0.334 e. The van der Waals surface area contributed by atoms with Gasteiger partial charge in [0.2, 0.25) is 0 Å². The fourth-order valence-corrected chi connectivity index (χ4v) is 3.43. The van der Waals surface area contributed by atoms with Crippen molar-refractivity contribution in [1.82, 2.24) is 5.32 Å². The Hall–Kier alpha value is 0.0969. The summed E-state index contributed by atoms with van der Waals surface area (Å²) < 4.78 is 11.0. The zero-order valence-electron chi connectivity index (χ0n) is 9.64. The molecule has 0 saturated carbocycles. The predicted molar refractivity (Wildman–Crippen MR) is 60.7 cm³/mol. The minimum absolute atomic E-state index is 0.883. The van der Waals surface area contributed by atoms with Crippen LogP contribution in [0.1, 0.15) is 19.3 Å². The quantitative estimate of drug-likeness (QED) is 0.712. The highest BCUT2D eigenvalue weighted by Crippen LogP contribution is 2.23. The zero-order valence-corrected chi connectivity index (χ0v) is 10.6. The van der Waals surface area contributed by atoms with Crippen molar-refractivity contribution >= 4 is 8.56 Å². The van der Waals surface area contributed by atoms with Crippen LogP contribution in [0, 0.1) is 5.92 Å². The average Bonchev–Trinajstić information content (AvgIpc) is 2.27. The van der Waals surface area contributed by atoms with Crippen LogP contribution < -0.4 is 5.32 Å². The van der Waals surface area contributed by atoms with E-state index < -0.39 is 8.56 Å². The number of rotatable bonds is 5. The molecule has 0 spiro atoms. The molecule has 0 aliphatic carbocycles. The molecule has 4 heteroatoms. The summed E-state index contributed by atoms with van der Waals surface area (Å²) in [5.74, 6) is 0.883. The van der Waals surface area contributed by atoms with Gasteiger partial charge in [-0.3, -0.25) is 0 Å². The van der Waals surface area contributed by atoms with E-state index in [9.17, 15) is 0 Å². The third-order valence-corrected chi connectivity index (χ3v) is 6.25. The molecule has 14 heavy (non-hydrogen) atoms. The third kappa shape index (κ3) is 3.69. The Morgan fingerprint density at radius 2 is 1.79 bits per heavy atom. The summed E-state index contributed by atoms with van der Waals surface area (Å²) in [4.78, 5) is 0. The van der Waals surface area contributed by atoms with Crippen LogP contribution >= 0.6 is 0 Å². The molecule has 0 aromatic carbocycles. The average molecular weight is 217 g/mol. The molecule has 0 unspecified atom stereocenters. The van der Waals surface area contributed by atoms with E-state index in [4.69, 9.17) is 8.85 Å². The summed E-state index contributed by atoms with van der Waals surface area (Å²) >= 11 is 0. The van der Waals surface area contributed by atoms with E-state index in [1.165, 1.54) is 32.4 Å². The van der Waals surface area contributed by atoms with Crippen molar-refractivity contribution in [3.05, 3.63) is 0 Å². The Labute approximate surface area is 88.4 Å². The van der Waals surface area contributed by atoms with E-state index in [0.717, 1.165) is 12.0 Å². The van der Waals surface area contributed by atoms with Gasteiger partial charge in [-0.25, -0.2) is 0 Å². The van der Waals surface area contributed by atoms with E-state index in [2.05, 4.69) is 11.9 Å². The Morgan fingerprint density at radius 1 is 1.21 bits per heavy atom. The van der Waals surface area contributed by atoms with Gasteiger partial charge in [0.15, 0.2) is 0 Å². The van der Waals surface area contributed by atoms with E-state index in [0.29, 0.717) is 0 Å². The molecule has 0 amide bonds. The van der Waals surface area contributed by atoms with Gasteiger partial charge in [-0.1, -0.05) is 0 Å². The maximum atomic E-state index is 5.48. The lowest BCUT2D eigenvalue weighted by Crippen LogP contribution is -2.37. The minimum Gasteiger partial charge on any atom is -0.398 e. The van der Waals surface area contributed by atoms with Crippen LogP contribution in [0.25, 0.3) is 0 Å². The summed E-state index contributed by atoms with van der Waals surface area (Å²) in [6, 6.07) is 1.13. The molecule has 1 heterocycles. The monoisotopic (exact) mass is 217 g/mol. The molecular weight excluding hydrogens is 194 g/mol. The third-order valence-electron chi connectivity index (χ3n) is 3.33. The summed E-state index contributed by atoms with van der Waals surface area (Å²) in [7, 11) is 1.75. The molecule has 1 aliphatic heterocycles. The molecule has 1 saturated heterocycles. The first-order valence-corrected chi connectivity index (χ1v) is 8.03. The Bertz CT molecular complexity index is 156. The van der Waals surface area contributed by atoms with E-state index >= 15 is 0 Å². The Balaban J connectivity index is 2.23. The van der Waals surface area contributed by atoms with Gasteiger partial charge in [-0.2, -0.15) is 0 Å². The van der Waals surface area contributed by atoms with Crippen LogP contribution in [0.15, 0.2) is 0 Å². The van der Waals surface area contributed by atoms with Gasteiger partial charge in [0.05, 0.1) is 0 Å². The van der Waals surface area contributed by atoms with Crippen molar-refractivity contribution < 1.29 is 8.85 Å². The summed E-state index contributed by atoms with van der Waals surface area (Å²) in [5, 5.41) is 3.39. The summed E-state index contributed by atoms with van der Waals surface area (Å²) in [6.45, 7) is 4.51. The van der Waals surface area contributed by atoms with Crippen LogP contribution in [0.4, 0.5) is 0 Å². The second-order valence-electron chi connectivity index (χ2n) is 4.27. The zero-order chi connectivity index (χ0) is 10.4. The highest BCUT2D eigenvalue weighted by atomic mass is 28.4. The molecule has 1 N–H and O–H groups in total. The SMILES string of the molecule is CO[Si](C)(CCC1CCNCC1)OC. The lowest BCUT2D eigenvalue weighted by Gasteiger charge is -2.27. The van der Waals surface area contributed by atoms with Gasteiger partial charge in [-0.05, 0) is 50.9 Å². The molecule has 0 aromatic rings. The van der Waals surface area contributed by atoms with Crippen LogP contribution in [0.5, 0.6) is 0 Å². The van der Waals surface area contributed by atoms with Gasteiger partial charge >= 0.3 is 8.56 Å². The molecule has 0 radical (unpaired) electrons. The van der Waals surface area contributed by atoms with E-state index in [1.54, 1.807) is 14.2 Å². The number of nitrogens with one attached hydrogen (secondary N) is 1. The van der Waals surface area contributed by atoms with Crippen LogP contribution in [-0.4, -0.2) is 35.9 Å². The number of hydrogen-bond donors (Lipinski definition) is 1. The van der Waals surface area contributed by atoms with Gasteiger partial charge in [0.1, 0.15) is 0 Å². The minimum atomic E-state index is -1.80. The Kier molecular flexibility index (Phi) is 5.09. The van der Waals surface area contributed by atoms with Gasteiger partial charge in [0.25, 0.3) is 0 Å². The van der Waals surface area contributed by atoms with Gasteiger partial charge < -0.3 is 14.2 Å². The van der Waals surface area contributed by atoms with Crippen molar-refractivity contribution in [1.29, 1.82) is 0 Å². The highest BCUT2D eigenvalue weighted by Gasteiger charge is 2.29. The molecule has 3 nitrogen and oxygen atoms in total. The molecule has 0 atom stereocenters. The van der Waals surface area contributed by atoms with Crippen molar-refractivity contribution in [3.8, 4) is 0 Å². The lowest BCUT2D eigenvalue weighted by molar-refractivity contribution is 0.242. The summed E-state index contributed by atoms with van der Waals surface area (Å²) in [5.41, 5.74) is 0. The number of hydrogen-bond acceptors (Lipinski definition) is 3. The van der Waals surface area contributed by atoms with Crippen molar-refractivity contribution in [3.63, 3.8) is 0 Å². The topological polar surface area (TPSA) is 30.5 Å². The number of piperidine rings is 1. The highest BCUT2D eigenvalue weighted by molar-refractivity contribution is 6.65. The molecule has 1 rings (SSSR count). The van der Waals surface area contributed by atoms with E-state index in [-0.39, 0.29) is 0 Å². The fourth-order valence-electron chi connectivity index (χ4n) is 1.92. The normalized spacial score (nSPS) is 19.9. The smallest absolute Gasteiger partial charge is 0.334 e. The Morgan fingerprint density at radius 3 is 2.29 bits per heavy atom. The molecule has 0 aromatic heterocycles. The second-order valence-corrected chi connectivity index (χ2v) is 7.86. The van der Waals surface area contributed by atoms with Crippen molar-refractivity contribution in [2.24, 2.45) is 5.92 Å². The van der Waals surface area contributed by atoms with Crippen molar-refractivity contribution in [2.75, 3.05) is 27.3 Å². The van der Waals surface area contributed by atoms with E-state index in [1.807, 2.05) is 0 Å². The fraction of sp³-hybridized carbons (Fsp3) is 1.00. The van der Waals surface area contributed by atoms with Crippen LogP contribution in [-0.2, 0) is 8.85 Å². The van der Waals surface area contributed by atoms with Gasteiger partial charge in [0, 0.05) is 14.2 Å². The summed E-state index contributed by atoms with van der Waals surface area (Å²) in [6.07, 6.45) is 3.90. The van der Waals surface area contributed by atoms with Crippen LogP contribution in [0.3, 0.4) is 0 Å². The molecule has 84 valence electrons. The van der Waals surface area contributed by atoms with Crippen molar-refractivity contribution in [2.45, 2.75) is 31.9 Å². The maximum absolute atomic E-state index is 5.48.